The Morgan fingerprint density at radius 2 is 2.14 bits per heavy atom. The van der Waals surface area contributed by atoms with Crippen molar-refractivity contribution in [2.45, 2.75) is 56.8 Å². The van der Waals surface area contributed by atoms with Crippen molar-refractivity contribution in [2.24, 2.45) is 5.92 Å². The molecule has 0 aromatic heterocycles. The molecule has 4 rings (SSSR count). The van der Waals surface area contributed by atoms with E-state index in [-0.39, 0.29) is 11.7 Å². The summed E-state index contributed by atoms with van der Waals surface area (Å²) in [7, 11) is 0. The number of carbonyl (C=O) groups excluding carboxylic acids is 1. The SMILES string of the molecule is CC1CCCC1N1C(=O)C2(CC2)NC1c1cccc(Cl)c1. The summed E-state index contributed by atoms with van der Waals surface area (Å²) in [5.74, 6) is 0.901. The van der Waals surface area contributed by atoms with Crippen molar-refractivity contribution in [2.75, 3.05) is 0 Å². The minimum Gasteiger partial charge on any atom is -0.318 e. The molecule has 21 heavy (non-hydrogen) atoms. The summed E-state index contributed by atoms with van der Waals surface area (Å²) >= 11 is 6.15. The third-order valence-electron chi connectivity index (χ3n) is 5.42. The van der Waals surface area contributed by atoms with E-state index in [0.29, 0.717) is 17.9 Å². The van der Waals surface area contributed by atoms with Gasteiger partial charge in [0.15, 0.2) is 0 Å². The second kappa shape index (κ2) is 4.72. The van der Waals surface area contributed by atoms with Gasteiger partial charge in [0.05, 0.1) is 0 Å². The van der Waals surface area contributed by atoms with Crippen LogP contribution in [-0.4, -0.2) is 22.4 Å². The molecule has 1 aliphatic heterocycles. The lowest BCUT2D eigenvalue weighted by Crippen LogP contribution is -2.41. The van der Waals surface area contributed by atoms with Gasteiger partial charge < -0.3 is 4.90 Å². The lowest BCUT2D eigenvalue weighted by molar-refractivity contribution is -0.133. The average Bonchev–Trinajstić information content (AvgIpc) is 3.05. The summed E-state index contributed by atoms with van der Waals surface area (Å²) < 4.78 is 0. The number of rotatable bonds is 2. The Balaban J connectivity index is 1.72. The fourth-order valence-corrected chi connectivity index (χ4v) is 4.24. The molecule has 0 radical (unpaired) electrons. The van der Waals surface area contributed by atoms with E-state index in [9.17, 15) is 4.79 Å². The normalized spacial score (nSPS) is 33.9. The summed E-state index contributed by atoms with van der Waals surface area (Å²) in [6.45, 7) is 2.28. The van der Waals surface area contributed by atoms with E-state index in [1.807, 2.05) is 18.2 Å². The zero-order valence-electron chi connectivity index (χ0n) is 12.3. The van der Waals surface area contributed by atoms with Crippen molar-refractivity contribution in [3.05, 3.63) is 34.9 Å². The van der Waals surface area contributed by atoms with Gasteiger partial charge in [0, 0.05) is 11.1 Å². The van der Waals surface area contributed by atoms with Crippen LogP contribution in [0.15, 0.2) is 24.3 Å². The van der Waals surface area contributed by atoms with E-state index < -0.39 is 0 Å². The van der Waals surface area contributed by atoms with Crippen molar-refractivity contribution in [3.63, 3.8) is 0 Å². The Kier molecular flexibility index (Phi) is 3.05. The number of halogens is 1. The van der Waals surface area contributed by atoms with E-state index in [2.05, 4.69) is 23.2 Å². The number of benzene rings is 1. The Morgan fingerprint density at radius 3 is 2.76 bits per heavy atom. The van der Waals surface area contributed by atoms with E-state index in [1.54, 1.807) is 0 Å². The predicted molar refractivity (Wildman–Crippen MR) is 82.9 cm³/mol. The molecular weight excluding hydrogens is 284 g/mol. The second-order valence-corrected chi connectivity index (χ2v) is 7.31. The van der Waals surface area contributed by atoms with Gasteiger partial charge in [0.25, 0.3) is 0 Å². The third-order valence-corrected chi connectivity index (χ3v) is 5.66. The van der Waals surface area contributed by atoms with Crippen LogP contribution in [0.3, 0.4) is 0 Å². The molecule has 0 bridgehead atoms. The van der Waals surface area contributed by atoms with Gasteiger partial charge >= 0.3 is 0 Å². The Morgan fingerprint density at radius 1 is 1.33 bits per heavy atom. The first-order valence-electron chi connectivity index (χ1n) is 7.97. The van der Waals surface area contributed by atoms with Crippen LogP contribution in [0.1, 0.15) is 50.8 Å². The van der Waals surface area contributed by atoms with Crippen LogP contribution < -0.4 is 5.32 Å². The third kappa shape index (κ3) is 2.09. The van der Waals surface area contributed by atoms with Crippen molar-refractivity contribution in [3.8, 4) is 0 Å². The molecule has 1 amide bonds. The largest absolute Gasteiger partial charge is 0.318 e. The fourth-order valence-electron chi connectivity index (χ4n) is 4.04. The summed E-state index contributed by atoms with van der Waals surface area (Å²) in [5.41, 5.74) is 0.841. The predicted octanol–water partition coefficient (Wildman–Crippen LogP) is 3.49. The van der Waals surface area contributed by atoms with Crippen LogP contribution in [0.25, 0.3) is 0 Å². The molecule has 3 fully saturated rings. The van der Waals surface area contributed by atoms with E-state index in [4.69, 9.17) is 11.6 Å². The van der Waals surface area contributed by atoms with Gasteiger partial charge in [-0.05, 0) is 49.3 Å². The van der Waals surface area contributed by atoms with Gasteiger partial charge in [-0.15, -0.1) is 0 Å². The first-order valence-corrected chi connectivity index (χ1v) is 8.34. The Labute approximate surface area is 130 Å². The highest BCUT2D eigenvalue weighted by Crippen LogP contribution is 2.49. The van der Waals surface area contributed by atoms with E-state index in [0.717, 1.165) is 29.8 Å². The average molecular weight is 305 g/mol. The molecule has 2 saturated carbocycles. The molecule has 1 spiro atoms. The van der Waals surface area contributed by atoms with Crippen molar-refractivity contribution in [1.82, 2.24) is 10.2 Å². The van der Waals surface area contributed by atoms with Crippen LogP contribution in [0, 0.1) is 5.92 Å². The molecular formula is C17H21ClN2O. The molecule has 4 heteroatoms. The molecule has 1 aromatic rings. The van der Waals surface area contributed by atoms with Gasteiger partial charge in [0.1, 0.15) is 11.7 Å². The van der Waals surface area contributed by atoms with E-state index >= 15 is 0 Å². The standard InChI is InChI=1S/C17H21ClN2O/c1-11-4-2-7-14(11)20-15(12-5-3-6-13(18)10-12)19-17(8-9-17)16(20)21/h3,5-6,10-11,14-15,19H,2,4,7-9H2,1H3. The quantitative estimate of drug-likeness (QED) is 0.907. The first kappa shape index (κ1) is 13.6. The Hall–Kier alpha value is -1.06. The molecule has 3 unspecified atom stereocenters. The van der Waals surface area contributed by atoms with Crippen LogP contribution in [0.4, 0.5) is 0 Å². The number of nitrogens with zero attached hydrogens (tertiary/aromatic N) is 1. The highest BCUT2D eigenvalue weighted by atomic mass is 35.5. The molecule has 3 nitrogen and oxygen atoms in total. The molecule has 3 atom stereocenters. The fraction of sp³-hybridized carbons (Fsp3) is 0.588. The van der Waals surface area contributed by atoms with Crippen LogP contribution in [-0.2, 0) is 4.79 Å². The maximum atomic E-state index is 12.9. The summed E-state index contributed by atoms with van der Waals surface area (Å²) in [4.78, 5) is 15.1. The minimum absolute atomic E-state index is 0.00995. The zero-order chi connectivity index (χ0) is 14.6. The number of nitrogens with one attached hydrogen (secondary N) is 1. The molecule has 112 valence electrons. The van der Waals surface area contributed by atoms with Gasteiger partial charge in [0.2, 0.25) is 5.91 Å². The van der Waals surface area contributed by atoms with Gasteiger partial charge in [-0.3, -0.25) is 10.1 Å². The van der Waals surface area contributed by atoms with Crippen molar-refractivity contribution >= 4 is 17.5 Å². The summed E-state index contributed by atoms with van der Waals surface area (Å²) in [5, 5.41) is 4.33. The molecule has 1 saturated heterocycles. The molecule has 1 heterocycles. The number of hydrogen-bond donors (Lipinski definition) is 1. The molecule has 1 N–H and O–H groups in total. The van der Waals surface area contributed by atoms with Gasteiger partial charge in [-0.1, -0.05) is 37.1 Å². The first-order chi connectivity index (χ1) is 10.1. The number of carbonyl (C=O) groups is 1. The zero-order valence-corrected chi connectivity index (χ0v) is 13.1. The van der Waals surface area contributed by atoms with Gasteiger partial charge in [-0.2, -0.15) is 0 Å². The monoisotopic (exact) mass is 304 g/mol. The second-order valence-electron chi connectivity index (χ2n) is 6.87. The maximum absolute atomic E-state index is 12.9. The van der Waals surface area contributed by atoms with E-state index in [1.165, 1.54) is 12.8 Å². The summed E-state index contributed by atoms with van der Waals surface area (Å²) in [6, 6.07) is 8.29. The van der Waals surface area contributed by atoms with Crippen molar-refractivity contribution in [1.29, 1.82) is 0 Å². The lowest BCUT2D eigenvalue weighted by Gasteiger charge is -2.33. The van der Waals surface area contributed by atoms with Crippen LogP contribution in [0.5, 0.6) is 0 Å². The topological polar surface area (TPSA) is 32.3 Å². The number of hydrogen-bond acceptors (Lipinski definition) is 2. The molecule has 1 aromatic carbocycles. The molecule has 3 aliphatic rings. The lowest BCUT2D eigenvalue weighted by atomic mass is 10.0. The summed E-state index contributed by atoms with van der Waals surface area (Å²) in [6.07, 6.45) is 5.52. The number of amides is 1. The maximum Gasteiger partial charge on any atom is 0.244 e. The smallest absolute Gasteiger partial charge is 0.244 e. The van der Waals surface area contributed by atoms with Crippen LogP contribution in [0.2, 0.25) is 5.02 Å². The Bertz CT molecular complexity index is 584. The van der Waals surface area contributed by atoms with Crippen LogP contribution >= 0.6 is 11.6 Å². The molecule has 2 aliphatic carbocycles. The highest BCUT2D eigenvalue weighted by molar-refractivity contribution is 6.30. The minimum atomic E-state index is -0.269. The van der Waals surface area contributed by atoms with Gasteiger partial charge in [-0.25, -0.2) is 0 Å². The highest BCUT2D eigenvalue weighted by Gasteiger charge is 2.61. The van der Waals surface area contributed by atoms with Crippen molar-refractivity contribution < 1.29 is 4.79 Å².